The molecule has 1 atom stereocenters. The van der Waals surface area contributed by atoms with Crippen LogP contribution in [0.5, 0.6) is 0 Å². The van der Waals surface area contributed by atoms with Crippen LogP contribution in [-0.2, 0) is 11.3 Å². The molecule has 0 saturated carbocycles. The summed E-state index contributed by atoms with van der Waals surface area (Å²) in [4.78, 5) is 17.1. The molecule has 0 saturated heterocycles. The number of anilines is 1. The Morgan fingerprint density at radius 3 is 2.52 bits per heavy atom. The highest BCUT2D eigenvalue weighted by atomic mass is 32.1. The molecule has 6 heteroatoms. The molecule has 27 heavy (non-hydrogen) atoms. The van der Waals surface area contributed by atoms with Crippen molar-refractivity contribution in [3.8, 4) is 0 Å². The van der Waals surface area contributed by atoms with Gasteiger partial charge in [0.1, 0.15) is 5.71 Å². The van der Waals surface area contributed by atoms with E-state index in [0.29, 0.717) is 18.7 Å². The van der Waals surface area contributed by atoms with E-state index < -0.39 is 0 Å². The van der Waals surface area contributed by atoms with Crippen LogP contribution in [0.15, 0.2) is 71.1 Å². The molecule has 0 bridgehead atoms. The monoisotopic (exact) mass is 376 g/mol. The predicted molar refractivity (Wildman–Crippen MR) is 109 cm³/mol. The van der Waals surface area contributed by atoms with Crippen molar-refractivity contribution in [3.63, 3.8) is 0 Å². The molecule has 3 aromatic rings. The first-order valence-corrected chi connectivity index (χ1v) is 9.74. The number of thiazole rings is 1. The maximum atomic E-state index is 12.7. The average molecular weight is 376 g/mol. The van der Waals surface area contributed by atoms with Crippen LogP contribution in [0.25, 0.3) is 0 Å². The molecule has 0 fully saturated rings. The number of aryl methyl sites for hydroxylation is 1. The van der Waals surface area contributed by atoms with Gasteiger partial charge in [0.15, 0.2) is 0 Å². The maximum Gasteiger partial charge on any atom is 0.267 e. The number of nitrogens with zero attached hydrogens (tertiary/aromatic N) is 3. The van der Waals surface area contributed by atoms with Gasteiger partial charge in [-0.2, -0.15) is 5.10 Å². The fraction of sp³-hybridized carbons (Fsp3) is 0.190. The second-order valence-corrected chi connectivity index (χ2v) is 7.46. The largest absolute Gasteiger partial charge is 0.345 e. The lowest BCUT2D eigenvalue weighted by molar-refractivity contribution is -0.115. The molecule has 1 aliphatic heterocycles. The minimum atomic E-state index is -0.139. The number of carbonyl (C=O) groups excluding carboxylic acids is 1. The molecule has 4 rings (SSSR count). The molecule has 1 N–H and O–H groups in total. The van der Waals surface area contributed by atoms with E-state index in [1.165, 1.54) is 0 Å². The molecular formula is C21H20N4OS. The summed E-state index contributed by atoms with van der Waals surface area (Å²) in [6.45, 7) is 2.38. The average Bonchev–Trinajstić information content (AvgIpc) is 3.34. The third kappa shape index (κ3) is 3.90. The van der Waals surface area contributed by atoms with Crippen LogP contribution in [0.1, 0.15) is 28.7 Å². The van der Waals surface area contributed by atoms with Gasteiger partial charge < -0.3 is 5.32 Å². The van der Waals surface area contributed by atoms with Crippen LogP contribution in [0, 0.1) is 6.92 Å². The zero-order valence-corrected chi connectivity index (χ0v) is 15.8. The summed E-state index contributed by atoms with van der Waals surface area (Å²) in [5, 5.41) is 12.5. The Kier molecular flexibility index (Phi) is 4.98. The Morgan fingerprint density at radius 2 is 1.85 bits per heavy atom. The number of carbonyl (C=O) groups is 1. The van der Waals surface area contributed by atoms with Gasteiger partial charge in [0.2, 0.25) is 0 Å². The van der Waals surface area contributed by atoms with Crippen molar-refractivity contribution < 1.29 is 4.79 Å². The van der Waals surface area contributed by atoms with E-state index in [1.54, 1.807) is 11.3 Å². The van der Waals surface area contributed by atoms with Crippen molar-refractivity contribution in [2.24, 2.45) is 5.10 Å². The van der Waals surface area contributed by atoms with Gasteiger partial charge >= 0.3 is 0 Å². The summed E-state index contributed by atoms with van der Waals surface area (Å²) < 4.78 is 0. The third-order valence-electron chi connectivity index (χ3n) is 4.47. The van der Waals surface area contributed by atoms with E-state index in [2.05, 4.69) is 27.5 Å². The summed E-state index contributed by atoms with van der Waals surface area (Å²) in [6.07, 6.45) is 0.570. The van der Waals surface area contributed by atoms with Crippen molar-refractivity contribution in [2.45, 2.75) is 25.9 Å². The minimum absolute atomic E-state index is 0.0101. The fourth-order valence-corrected chi connectivity index (χ4v) is 3.78. The van der Waals surface area contributed by atoms with Crippen LogP contribution in [-0.4, -0.2) is 16.6 Å². The van der Waals surface area contributed by atoms with E-state index in [9.17, 15) is 4.79 Å². The summed E-state index contributed by atoms with van der Waals surface area (Å²) >= 11 is 1.58. The maximum absolute atomic E-state index is 12.7. The quantitative estimate of drug-likeness (QED) is 0.730. The summed E-state index contributed by atoms with van der Waals surface area (Å²) in [5.74, 6) is -0.139. The van der Waals surface area contributed by atoms with Crippen LogP contribution >= 0.6 is 11.3 Å². The second kappa shape index (κ2) is 7.72. The van der Waals surface area contributed by atoms with Crippen molar-refractivity contribution in [2.75, 3.05) is 5.01 Å². The number of para-hydroxylation sites is 1. The molecule has 0 unspecified atom stereocenters. The number of nitrogens with one attached hydrogen (secondary N) is 1. The van der Waals surface area contributed by atoms with Crippen molar-refractivity contribution in [3.05, 3.63) is 82.3 Å². The van der Waals surface area contributed by atoms with Crippen molar-refractivity contribution in [1.82, 2.24) is 10.3 Å². The standard InChI is InChI=1S/C21H20N4OS/c1-15-23-17(14-27-15)13-22-21(26)19-12-20(16-8-4-2-5-9-16)25(24-19)18-10-6-3-7-11-18/h2-11,14,20H,12-13H2,1H3,(H,22,26)/t20-/m1/s1. The van der Waals surface area contributed by atoms with Crippen molar-refractivity contribution in [1.29, 1.82) is 0 Å². The summed E-state index contributed by atoms with van der Waals surface area (Å²) in [5.41, 5.74) is 3.54. The van der Waals surface area contributed by atoms with Gasteiger partial charge in [-0.05, 0) is 24.6 Å². The SMILES string of the molecule is Cc1nc(CNC(=O)C2=NN(c3ccccc3)[C@@H](c3ccccc3)C2)cs1. The highest BCUT2D eigenvalue weighted by molar-refractivity contribution is 7.09. The topological polar surface area (TPSA) is 57.6 Å². The molecule has 0 aliphatic carbocycles. The molecular weight excluding hydrogens is 356 g/mol. The van der Waals surface area contributed by atoms with Gasteiger partial charge in [0.05, 0.1) is 29.0 Å². The Labute approximate surface area is 162 Å². The molecule has 5 nitrogen and oxygen atoms in total. The van der Waals surface area contributed by atoms with E-state index in [1.807, 2.05) is 65.8 Å². The first kappa shape index (κ1) is 17.4. The van der Waals surface area contributed by atoms with Crippen molar-refractivity contribution >= 4 is 28.6 Å². The zero-order chi connectivity index (χ0) is 18.6. The van der Waals surface area contributed by atoms with Gasteiger partial charge in [0, 0.05) is 11.8 Å². The minimum Gasteiger partial charge on any atom is -0.345 e. The molecule has 2 aromatic carbocycles. The van der Waals surface area contributed by atoms with Crippen LogP contribution < -0.4 is 10.3 Å². The van der Waals surface area contributed by atoms with E-state index >= 15 is 0 Å². The first-order valence-electron chi connectivity index (χ1n) is 8.86. The molecule has 1 aromatic heterocycles. The predicted octanol–water partition coefficient (Wildman–Crippen LogP) is 4.08. The lowest BCUT2D eigenvalue weighted by Crippen LogP contribution is -2.30. The number of hydrogen-bond donors (Lipinski definition) is 1. The Hall–Kier alpha value is -2.99. The smallest absolute Gasteiger partial charge is 0.267 e. The van der Waals surface area contributed by atoms with Crippen LogP contribution in [0.2, 0.25) is 0 Å². The van der Waals surface area contributed by atoms with Gasteiger partial charge in [-0.25, -0.2) is 4.98 Å². The van der Waals surface area contributed by atoms with E-state index in [-0.39, 0.29) is 11.9 Å². The molecule has 1 aliphatic rings. The van der Waals surface area contributed by atoms with E-state index in [4.69, 9.17) is 0 Å². The van der Waals surface area contributed by atoms with E-state index in [0.717, 1.165) is 22.0 Å². The van der Waals surface area contributed by atoms with Crippen LogP contribution in [0.3, 0.4) is 0 Å². The lowest BCUT2D eigenvalue weighted by Gasteiger charge is -2.23. The highest BCUT2D eigenvalue weighted by Crippen LogP contribution is 2.34. The number of benzene rings is 2. The molecule has 0 radical (unpaired) electrons. The summed E-state index contributed by atoms with van der Waals surface area (Å²) in [7, 11) is 0. The lowest BCUT2D eigenvalue weighted by atomic mass is 10.0. The number of aromatic nitrogens is 1. The fourth-order valence-electron chi connectivity index (χ4n) is 3.16. The molecule has 0 spiro atoms. The number of amides is 1. The summed E-state index contributed by atoms with van der Waals surface area (Å²) in [6, 6.07) is 20.2. The van der Waals surface area contributed by atoms with Gasteiger partial charge in [0.25, 0.3) is 5.91 Å². The molecule has 2 heterocycles. The van der Waals surface area contributed by atoms with Gasteiger partial charge in [-0.3, -0.25) is 9.80 Å². The zero-order valence-electron chi connectivity index (χ0n) is 15.0. The number of hydrazone groups is 1. The Balaban J connectivity index is 1.55. The van der Waals surface area contributed by atoms with Gasteiger partial charge in [-0.1, -0.05) is 48.5 Å². The Morgan fingerprint density at radius 1 is 1.15 bits per heavy atom. The third-order valence-corrected chi connectivity index (χ3v) is 5.30. The van der Waals surface area contributed by atoms with Crippen LogP contribution in [0.4, 0.5) is 5.69 Å². The first-order chi connectivity index (χ1) is 13.2. The number of rotatable bonds is 5. The second-order valence-electron chi connectivity index (χ2n) is 6.40. The normalized spacial score (nSPS) is 16.3. The molecule has 1 amide bonds. The Bertz CT molecular complexity index is 953. The number of hydrogen-bond acceptors (Lipinski definition) is 5. The highest BCUT2D eigenvalue weighted by Gasteiger charge is 2.32. The van der Waals surface area contributed by atoms with Gasteiger partial charge in [-0.15, -0.1) is 11.3 Å². The molecule has 136 valence electrons.